The maximum Gasteiger partial charge on any atom is 0.256 e. The molecule has 1 aromatic heterocycles. The summed E-state index contributed by atoms with van der Waals surface area (Å²) < 4.78 is 0. The molecule has 8 heteroatoms. The van der Waals surface area contributed by atoms with E-state index >= 15 is 0 Å². The van der Waals surface area contributed by atoms with Crippen LogP contribution in [0.2, 0.25) is 10.0 Å². The van der Waals surface area contributed by atoms with Gasteiger partial charge in [-0.15, -0.1) is 0 Å². The summed E-state index contributed by atoms with van der Waals surface area (Å²) in [7, 11) is 0. The zero-order valence-corrected chi connectivity index (χ0v) is 22.0. The zero-order valence-electron chi connectivity index (χ0n) is 20.5. The second-order valence-corrected chi connectivity index (χ2v) is 10.8. The molecule has 192 valence electrons. The summed E-state index contributed by atoms with van der Waals surface area (Å²) in [5, 5.41) is 12.2. The van der Waals surface area contributed by atoms with Crippen molar-refractivity contribution in [2.24, 2.45) is 0 Å². The van der Waals surface area contributed by atoms with E-state index in [1.807, 2.05) is 48.5 Å². The molecule has 1 saturated carbocycles. The highest BCUT2D eigenvalue weighted by Gasteiger charge is 2.49. The van der Waals surface area contributed by atoms with Gasteiger partial charge in [0.25, 0.3) is 11.5 Å². The van der Waals surface area contributed by atoms with Crippen molar-refractivity contribution in [2.45, 2.75) is 37.3 Å². The number of halogens is 2. The fourth-order valence-electron chi connectivity index (χ4n) is 5.26. The average molecular weight is 546 g/mol. The Labute approximate surface area is 229 Å². The minimum atomic E-state index is -1.34. The van der Waals surface area contributed by atoms with E-state index in [1.54, 1.807) is 24.3 Å². The van der Waals surface area contributed by atoms with Crippen molar-refractivity contribution in [3.05, 3.63) is 121 Å². The molecule has 2 heterocycles. The van der Waals surface area contributed by atoms with E-state index in [1.165, 1.54) is 4.90 Å². The number of H-pyrrole nitrogens is 1. The molecule has 1 atom stereocenters. The highest BCUT2D eigenvalue weighted by atomic mass is 35.5. The predicted octanol–water partition coefficient (Wildman–Crippen LogP) is 5.44. The minimum Gasteiger partial charge on any atom is -0.378 e. The van der Waals surface area contributed by atoms with Gasteiger partial charge in [-0.25, -0.2) is 4.98 Å². The Morgan fingerprint density at radius 3 is 2.47 bits per heavy atom. The van der Waals surface area contributed by atoms with Gasteiger partial charge in [0.15, 0.2) is 6.10 Å². The van der Waals surface area contributed by atoms with E-state index in [9.17, 15) is 14.7 Å². The minimum absolute atomic E-state index is 0.106. The fourth-order valence-corrected chi connectivity index (χ4v) is 5.58. The molecule has 6 nitrogen and oxygen atoms in total. The first-order chi connectivity index (χ1) is 18.3. The molecule has 0 spiro atoms. The van der Waals surface area contributed by atoms with Crippen molar-refractivity contribution in [3.63, 3.8) is 0 Å². The van der Waals surface area contributed by atoms with E-state index in [-0.39, 0.29) is 17.5 Å². The van der Waals surface area contributed by atoms with Gasteiger partial charge in [0, 0.05) is 23.0 Å². The molecule has 2 N–H and O–H groups in total. The number of aromatic nitrogens is 2. The van der Waals surface area contributed by atoms with Gasteiger partial charge in [-0.1, -0.05) is 65.7 Å². The van der Waals surface area contributed by atoms with Crippen LogP contribution in [0.3, 0.4) is 0 Å². The van der Waals surface area contributed by atoms with Crippen molar-refractivity contribution in [1.29, 1.82) is 0 Å². The number of hydrogen-bond acceptors (Lipinski definition) is 4. The van der Waals surface area contributed by atoms with Crippen LogP contribution < -0.4 is 5.56 Å². The summed E-state index contributed by atoms with van der Waals surface area (Å²) in [6, 6.07) is 22.3. The van der Waals surface area contributed by atoms with Crippen LogP contribution in [0.1, 0.15) is 47.2 Å². The molecule has 1 unspecified atom stereocenters. The molecular formula is C30H25Cl2N3O3. The molecule has 4 aromatic rings. The number of amides is 1. The Balaban J connectivity index is 1.22. The highest BCUT2D eigenvalue weighted by molar-refractivity contribution is 6.30. The summed E-state index contributed by atoms with van der Waals surface area (Å²) in [5.41, 5.74) is 3.96. The molecule has 3 aromatic carbocycles. The monoisotopic (exact) mass is 545 g/mol. The van der Waals surface area contributed by atoms with Gasteiger partial charge in [0.2, 0.25) is 0 Å². The fraction of sp³-hybridized carbons (Fsp3) is 0.233. The summed E-state index contributed by atoms with van der Waals surface area (Å²) in [4.78, 5) is 35.8. The van der Waals surface area contributed by atoms with Gasteiger partial charge in [0.1, 0.15) is 5.82 Å². The number of rotatable bonds is 5. The molecule has 38 heavy (non-hydrogen) atoms. The SMILES string of the molecule is O=C(C(O)c1cccc(-c2ccc(Cl)cc2)c1)N1CCc2nc(C3(c4cccc(Cl)c4)CC3)[nH]c(=O)c2C1. The van der Waals surface area contributed by atoms with Crippen LogP contribution in [0.25, 0.3) is 11.1 Å². The number of nitrogens with zero attached hydrogens (tertiary/aromatic N) is 2. The maximum atomic E-state index is 13.3. The molecule has 0 bridgehead atoms. The van der Waals surface area contributed by atoms with Gasteiger partial charge in [-0.2, -0.15) is 0 Å². The largest absolute Gasteiger partial charge is 0.378 e. The zero-order chi connectivity index (χ0) is 26.4. The maximum absolute atomic E-state index is 13.3. The third-order valence-electron chi connectivity index (χ3n) is 7.57. The van der Waals surface area contributed by atoms with Crippen molar-refractivity contribution in [3.8, 4) is 11.1 Å². The molecule has 2 aliphatic rings. The number of fused-ring (bicyclic) bond motifs is 1. The first kappa shape index (κ1) is 24.9. The smallest absolute Gasteiger partial charge is 0.256 e. The highest BCUT2D eigenvalue weighted by Crippen LogP contribution is 2.52. The van der Waals surface area contributed by atoms with Gasteiger partial charge >= 0.3 is 0 Å². The van der Waals surface area contributed by atoms with Gasteiger partial charge in [0.05, 0.1) is 23.2 Å². The lowest BCUT2D eigenvalue weighted by molar-refractivity contribution is -0.141. The molecule has 1 amide bonds. The van der Waals surface area contributed by atoms with Crippen LogP contribution in [0.5, 0.6) is 0 Å². The molecule has 6 rings (SSSR count). The van der Waals surface area contributed by atoms with Crippen molar-refractivity contribution < 1.29 is 9.90 Å². The number of aromatic amines is 1. The predicted molar refractivity (Wildman–Crippen MR) is 147 cm³/mol. The van der Waals surface area contributed by atoms with Crippen LogP contribution in [-0.4, -0.2) is 32.4 Å². The lowest BCUT2D eigenvalue weighted by Crippen LogP contribution is -2.42. The van der Waals surface area contributed by atoms with E-state index < -0.39 is 12.0 Å². The number of carbonyl (C=O) groups is 1. The van der Waals surface area contributed by atoms with Gasteiger partial charge < -0.3 is 15.0 Å². The van der Waals surface area contributed by atoms with Crippen molar-refractivity contribution in [1.82, 2.24) is 14.9 Å². The standard InChI is InChI=1S/C30H25Cl2N3O3/c31-22-9-7-18(8-10-22)19-3-1-4-20(15-19)26(36)28(38)35-14-11-25-24(17-35)27(37)34-29(33-25)30(12-13-30)21-5-2-6-23(32)16-21/h1-10,15-16,26,36H,11-14,17H2,(H,33,34,37). The van der Waals surface area contributed by atoms with Crippen LogP contribution >= 0.6 is 23.2 Å². The molecule has 0 radical (unpaired) electrons. The van der Waals surface area contributed by atoms with Crippen LogP contribution in [0.4, 0.5) is 0 Å². The van der Waals surface area contributed by atoms with Gasteiger partial charge in [-0.3, -0.25) is 9.59 Å². The lowest BCUT2D eigenvalue weighted by Gasteiger charge is -2.30. The van der Waals surface area contributed by atoms with E-state index in [4.69, 9.17) is 28.2 Å². The number of nitrogens with one attached hydrogen (secondary N) is 1. The summed E-state index contributed by atoms with van der Waals surface area (Å²) >= 11 is 12.2. The van der Waals surface area contributed by atoms with Crippen LogP contribution in [0.15, 0.2) is 77.6 Å². The van der Waals surface area contributed by atoms with Crippen LogP contribution in [0, 0.1) is 0 Å². The van der Waals surface area contributed by atoms with E-state index in [2.05, 4.69) is 4.98 Å². The summed E-state index contributed by atoms with van der Waals surface area (Å²) in [6.07, 6.45) is 0.885. The molecule has 0 saturated heterocycles. The Kier molecular flexibility index (Phi) is 6.34. The average Bonchev–Trinajstić information content (AvgIpc) is 3.75. The summed E-state index contributed by atoms with van der Waals surface area (Å²) in [5.74, 6) is 0.215. The Morgan fingerprint density at radius 1 is 0.974 bits per heavy atom. The van der Waals surface area contributed by atoms with E-state index in [0.29, 0.717) is 45.7 Å². The summed E-state index contributed by atoms with van der Waals surface area (Å²) in [6.45, 7) is 0.481. The Hall–Kier alpha value is -3.45. The quantitative estimate of drug-likeness (QED) is 0.349. The number of benzene rings is 3. The second kappa shape index (κ2) is 9.70. The first-order valence-corrected chi connectivity index (χ1v) is 13.3. The van der Waals surface area contributed by atoms with Crippen molar-refractivity contribution >= 4 is 29.1 Å². The van der Waals surface area contributed by atoms with Crippen molar-refractivity contribution in [2.75, 3.05) is 6.54 Å². The van der Waals surface area contributed by atoms with Gasteiger partial charge in [-0.05, 0) is 65.4 Å². The van der Waals surface area contributed by atoms with E-state index in [0.717, 1.165) is 29.5 Å². The number of carbonyl (C=O) groups excluding carboxylic acids is 1. The number of hydrogen-bond donors (Lipinski definition) is 2. The Bertz CT molecular complexity index is 1600. The third kappa shape index (κ3) is 4.53. The number of aliphatic hydroxyl groups excluding tert-OH is 1. The molecule has 1 aliphatic carbocycles. The lowest BCUT2D eigenvalue weighted by atomic mass is 9.94. The Morgan fingerprint density at radius 2 is 1.74 bits per heavy atom. The third-order valence-corrected chi connectivity index (χ3v) is 8.06. The topological polar surface area (TPSA) is 86.3 Å². The second-order valence-electron chi connectivity index (χ2n) is 9.98. The molecular weight excluding hydrogens is 521 g/mol. The van der Waals surface area contributed by atoms with Crippen LogP contribution in [-0.2, 0) is 23.2 Å². The normalized spacial score (nSPS) is 16.6. The molecule has 1 aliphatic heterocycles. The first-order valence-electron chi connectivity index (χ1n) is 12.6. The number of aliphatic hydroxyl groups is 1. The molecule has 1 fully saturated rings.